The molecule has 0 saturated carbocycles. The van der Waals surface area contributed by atoms with Gasteiger partial charge in [-0.05, 0) is 43.5 Å². The third kappa shape index (κ3) is 4.72. The second-order valence-electron chi connectivity index (χ2n) is 7.12. The third-order valence-corrected chi connectivity index (χ3v) is 6.99. The van der Waals surface area contributed by atoms with Crippen LogP contribution in [-0.4, -0.2) is 56.4 Å². The number of hydrogen-bond acceptors (Lipinski definition) is 3. The predicted molar refractivity (Wildman–Crippen MR) is 110 cm³/mol. The smallest absolute Gasteiger partial charge is 0.317 e. The number of rotatable bonds is 5. The van der Waals surface area contributed by atoms with Crippen LogP contribution in [0.5, 0.6) is 0 Å². The Labute approximate surface area is 167 Å². The topological polar surface area (TPSA) is 69.7 Å². The van der Waals surface area contributed by atoms with Gasteiger partial charge in [-0.15, -0.1) is 0 Å². The Morgan fingerprint density at radius 2 is 1.68 bits per heavy atom. The number of nitrogens with zero attached hydrogens (tertiary/aromatic N) is 2. The number of urea groups is 1. The third-order valence-electron chi connectivity index (χ3n) is 5.08. The van der Waals surface area contributed by atoms with Crippen molar-refractivity contribution in [2.75, 3.05) is 32.7 Å². The highest BCUT2D eigenvalue weighted by Crippen LogP contribution is 2.17. The van der Waals surface area contributed by atoms with Crippen molar-refractivity contribution in [3.63, 3.8) is 0 Å². The molecule has 28 heavy (non-hydrogen) atoms. The summed E-state index contributed by atoms with van der Waals surface area (Å²) in [6, 6.07) is 14.6. The van der Waals surface area contributed by atoms with Gasteiger partial charge in [0.2, 0.25) is 10.0 Å². The summed E-state index contributed by atoms with van der Waals surface area (Å²) in [7, 11) is -3.50. The lowest BCUT2D eigenvalue weighted by molar-refractivity contribution is 0.172. The summed E-state index contributed by atoms with van der Waals surface area (Å²) in [5.74, 6) is 0. The fourth-order valence-corrected chi connectivity index (χ4v) is 4.86. The molecule has 2 amide bonds. The van der Waals surface area contributed by atoms with E-state index in [4.69, 9.17) is 0 Å². The minimum Gasteiger partial charge on any atom is -0.338 e. The number of sulfonamides is 1. The van der Waals surface area contributed by atoms with Crippen LogP contribution in [0.15, 0.2) is 53.4 Å². The number of carbonyl (C=O) groups excluding carboxylic acids is 1. The van der Waals surface area contributed by atoms with E-state index in [2.05, 4.69) is 37.4 Å². The Hall–Kier alpha value is -2.38. The average molecular weight is 402 g/mol. The van der Waals surface area contributed by atoms with Crippen molar-refractivity contribution in [1.82, 2.24) is 14.5 Å². The van der Waals surface area contributed by atoms with Gasteiger partial charge in [-0.3, -0.25) is 0 Å². The number of piperazine rings is 1. The van der Waals surface area contributed by atoms with E-state index in [-0.39, 0.29) is 6.03 Å². The minimum absolute atomic E-state index is 0.137. The molecule has 0 spiro atoms. The van der Waals surface area contributed by atoms with Crippen molar-refractivity contribution in [3.05, 3.63) is 65.2 Å². The number of amides is 2. The van der Waals surface area contributed by atoms with Gasteiger partial charge in [0, 0.05) is 32.7 Å². The van der Waals surface area contributed by atoms with Crippen molar-refractivity contribution in [3.8, 4) is 0 Å². The van der Waals surface area contributed by atoms with E-state index in [1.807, 2.05) is 0 Å². The molecule has 0 aromatic heterocycles. The van der Waals surface area contributed by atoms with Crippen LogP contribution in [0, 0.1) is 13.8 Å². The van der Waals surface area contributed by atoms with Crippen LogP contribution in [-0.2, 0) is 16.4 Å². The van der Waals surface area contributed by atoms with Crippen molar-refractivity contribution in [1.29, 1.82) is 0 Å². The molecule has 1 heterocycles. The molecule has 2 aromatic carbocycles. The molecular weight excluding hydrogens is 374 g/mol. The monoisotopic (exact) mass is 401 g/mol. The van der Waals surface area contributed by atoms with Crippen LogP contribution in [0.1, 0.15) is 16.7 Å². The quantitative estimate of drug-likeness (QED) is 0.837. The van der Waals surface area contributed by atoms with E-state index in [1.165, 1.54) is 21.0 Å². The molecule has 3 rings (SSSR count). The van der Waals surface area contributed by atoms with Crippen LogP contribution in [0.2, 0.25) is 0 Å². The van der Waals surface area contributed by atoms with Crippen LogP contribution < -0.4 is 5.32 Å². The fourth-order valence-electron chi connectivity index (χ4n) is 3.42. The number of aryl methyl sites for hydroxylation is 2. The van der Waals surface area contributed by atoms with Gasteiger partial charge in [-0.2, -0.15) is 4.31 Å². The van der Waals surface area contributed by atoms with E-state index in [0.29, 0.717) is 37.6 Å². The van der Waals surface area contributed by atoms with Crippen LogP contribution in [0.25, 0.3) is 0 Å². The van der Waals surface area contributed by atoms with E-state index in [9.17, 15) is 13.2 Å². The Balaban J connectivity index is 1.48. The first-order valence-electron chi connectivity index (χ1n) is 9.52. The number of nitrogens with one attached hydrogen (secondary N) is 1. The lowest BCUT2D eigenvalue weighted by Gasteiger charge is -2.34. The van der Waals surface area contributed by atoms with Gasteiger partial charge in [0.25, 0.3) is 0 Å². The maximum atomic E-state index is 12.7. The lowest BCUT2D eigenvalue weighted by Crippen LogP contribution is -2.53. The predicted octanol–water partition coefficient (Wildman–Crippen LogP) is 2.56. The van der Waals surface area contributed by atoms with Crippen molar-refractivity contribution in [2.45, 2.75) is 25.2 Å². The van der Waals surface area contributed by atoms with Crippen molar-refractivity contribution >= 4 is 16.1 Å². The molecule has 1 aliphatic rings. The number of carbonyl (C=O) groups is 1. The van der Waals surface area contributed by atoms with Crippen molar-refractivity contribution < 1.29 is 13.2 Å². The van der Waals surface area contributed by atoms with Crippen molar-refractivity contribution in [2.24, 2.45) is 0 Å². The van der Waals surface area contributed by atoms with Gasteiger partial charge in [0.1, 0.15) is 0 Å². The number of hydrogen-bond donors (Lipinski definition) is 1. The van der Waals surface area contributed by atoms with Crippen LogP contribution >= 0.6 is 0 Å². The zero-order valence-electron chi connectivity index (χ0n) is 16.4. The molecule has 0 radical (unpaired) electrons. The summed E-state index contributed by atoms with van der Waals surface area (Å²) in [4.78, 5) is 14.4. The first-order valence-corrected chi connectivity index (χ1v) is 11.0. The average Bonchev–Trinajstić information content (AvgIpc) is 2.70. The second kappa shape index (κ2) is 8.75. The minimum atomic E-state index is -3.50. The molecule has 1 N–H and O–H groups in total. The van der Waals surface area contributed by atoms with Gasteiger partial charge in [-0.1, -0.05) is 42.0 Å². The molecule has 6 nitrogen and oxygen atoms in total. The lowest BCUT2D eigenvalue weighted by atomic mass is 10.0. The van der Waals surface area contributed by atoms with E-state index in [1.54, 1.807) is 35.2 Å². The Morgan fingerprint density at radius 1 is 1.00 bits per heavy atom. The Bertz CT molecular complexity index is 921. The zero-order valence-corrected chi connectivity index (χ0v) is 17.2. The fraction of sp³-hybridized carbons (Fsp3) is 0.381. The van der Waals surface area contributed by atoms with Gasteiger partial charge < -0.3 is 10.2 Å². The zero-order chi connectivity index (χ0) is 20.1. The van der Waals surface area contributed by atoms with Gasteiger partial charge in [-0.25, -0.2) is 13.2 Å². The van der Waals surface area contributed by atoms with E-state index >= 15 is 0 Å². The highest BCUT2D eigenvalue weighted by Gasteiger charge is 2.29. The molecule has 150 valence electrons. The van der Waals surface area contributed by atoms with Crippen LogP contribution in [0.4, 0.5) is 4.79 Å². The van der Waals surface area contributed by atoms with Gasteiger partial charge in [0.05, 0.1) is 4.90 Å². The molecule has 0 unspecified atom stereocenters. The molecule has 0 bridgehead atoms. The van der Waals surface area contributed by atoms with Gasteiger partial charge >= 0.3 is 6.03 Å². The number of benzene rings is 2. The Morgan fingerprint density at radius 3 is 2.32 bits per heavy atom. The molecule has 1 saturated heterocycles. The van der Waals surface area contributed by atoms with E-state index < -0.39 is 10.0 Å². The second-order valence-corrected chi connectivity index (χ2v) is 9.05. The molecule has 7 heteroatoms. The maximum Gasteiger partial charge on any atom is 0.317 e. The summed E-state index contributed by atoms with van der Waals surface area (Å²) in [6.07, 6.45) is 0.778. The summed E-state index contributed by atoms with van der Waals surface area (Å²) in [6.45, 7) is 6.10. The molecule has 0 atom stereocenters. The highest BCUT2D eigenvalue weighted by molar-refractivity contribution is 7.89. The van der Waals surface area contributed by atoms with E-state index in [0.717, 1.165) is 6.42 Å². The SMILES string of the molecule is Cc1ccc(CCNC(=O)N2CCN(S(=O)(=O)c3ccccc3)CC2)c(C)c1. The summed E-state index contributed by atoms with van der Waals surface area (Å²) < 4.78 is 26.8. The molecule has 2 aromatic rings. The first-order chi connectivity index (χ1) is 13.4. The highest BCUT2D eigenvalue weighted by atomic mass is 32.2. The summed E-state index contributed by atoms with van der Waals surface area (Å²) in [5, 5.41) is 2.95. The Kier molecular flexibility index (Phi) is 6.36. The standard InChI is InChI=1S/C21H27N3O3S/c1-17-8-9-19(18(2)16-17)10-11-22-21(25)23-12-14-24(15-13-23)28(26,27)20-6-4-3-5-7-20/h3-9,16H,10-15H2,1-2H3,(H,22,25). The maximum absolute atomic E-state index is 12.7. The molecule has 0 aliphatic carbocycles. The molecular formula is C21H27N3O3S. The van der Waals surface area contributed by atoms with Crippen LogP contribution in [0.3, 0.4) is 0 Å². The normalized spacial score (nSPS) is 15.4. The first kappa shape index (κ1) is 20.4. The molecule has 1 aliphatic heterocycles. The summed E-state index contributed by atoms with van der Waals surface area (Å²) >= 11 is 0. The largest absolute Gasteiger partial charge is 0.338 e. The summed E-state index contributed by atoms with van der Waals surface area (Å²) in [5.41, 5.74) is 3.69. The van der Waals surface area contributed by atoms with Gasteiger partial charge in [0.15, 0.2) is 0 Å². The molecule has 1 fully saturated rings.